The lowest BCUT2D eigenvalue weighted by Gasteiger charge is -2.14. The Labute approximate surface area is 125 Å². The standard InChI is InChI=1S/C16H24N2O3/c1-3-12(10-11-17)8-9-15(19)18-14-7-5-4-6-13(14)16(20)21-2/h4-7,12H,3,8-11,17H2,1-2H3,(H,18,19). The molecule has 3 N–H and O–H groups in total. The maximum atomic E-state index is 12.0. The van der Waals surface area contributed by atoms with Gasteiger partial charge in [-0.25, -0.2) is 4.79 Å². The number of ether oxygens (including phenoxy) is 1. The number of anilines is 1. The van der Waals surface area contributed by atoms with Crippen LogP contribution in [0.3, 0.4) is 0 Å². The minimum Gasteiger partial charge on any atom is -0.465 e. The molecule has 0 saturated heterocycles. The molecule has 0 bridgehead atoms. The molecule has 0 spiro atoms. The molecule has 1 aromatic rings. The summed E-state index contributed by atoms with van der Waals surface area (Å²) in [6.07, 6.45) is 3.18. The first-order chi connectivity index (χ1) is 10.1. The van der Waals surface area contributed by atoms with Crippen molar-refractivity contribution in [2.75, 3.05) is 19.0 Å². The van der Waals surface area contributed by atoms with Crippen molar-refractivity contribution in [3.05, 3.63) is 29.8 Å². The number of amides is 1. The Hall–Kier alpha value is -1.88. The number of benzene rings is 1. The van der Waals surface area contributed by atoms with Gasteiger partial charge < -0.3 is 15.8 Å². The third kappa shape index (κ3) is 5.55. The van der Waals surface area contributed by atoms with Gasteiger partial charge in [0.2, 0.25) is 5.91 Å². The van der Waals surface area contributed by atoms with Crippen molar-refractivity contribution in [1.82, 2.24) is 0 Å². The number of carbonyl (C=O) groups excluding carboxylic acids is 2. The van der Waals surface area contributed by atoms with Gasteiger partial charge in [0.25, 0.3) is 0 Å². The zero-order valence-electron chi connectivity index (χ0n) is 12.7. The molecule has 0 aliphatic heterocycles. The first-order valence-corrected chi connectivity index (χ1v) is 7.29. The van der Waals surface area contributed by atoms with E-state index in [1.807, 2.05) is 0 Å². The molecule has 5 nitrogen and oxygen atoms in total. The predicted molar refractivity (Wildman–Crippen MR) is 83.1 cm³/mol. The Morgan fingerprint density at radius 3 is 2.62 bits per heavy atom. The summed E-state index contributed by atoms with van der Waals surface area (Å²) in [6, 6.07) is 6.83. The van der Waals surface area contributed by atoms with Gasteiger partial charge in [0.15, 0.2) is 0 Å². The summed E-state index contributed by atoms with van der Waals surface area (Å²) in [6.45, 7) is 2.75. The summed E-state index contributed by atoms with van der Waals surface area (Å²) >= 11 is 0. The molecule has 0 fully saturated rings. The van der Waals surface area contributed by atoms with E-state index in [1.54, 1.807) is 24.3 Å². The average molecular weight is 292 g/mol. The Bertz CT molecular complexity index is 474. The molecule has 1 aromatic carbocycles. The molecule has 0 aromatic heterocycles. The van der Waals surface area contributed by atoms with E-state index >= 15 is 0 Å². The fourth-order valence-electron chi connectivity index (χ4n) is 2.22. The van der Waals surface area contributed by atoms with Crippen LogP contribution in [-0.2, 0) is 9.53 Å². The fraction of sp³-hybridized carbons (Fsp3) is 0.500. The quantitative estimate of drug-likeness (QED) is 0.721. The van der Waals surface area contributed by atoms with E-state index in [4.69, 9.17) is 10.5 Å². The van der Waals surface area contributed by atoms with Crippen LogP contribution < -0.4 is 11.1 Å². The van der Waals surface area contributed by atoms with Crippen LogP contribution in [0.2, 0.25) is 0 Å². The molecule has 1 amide bonds. The number of hydrogen-bond acceptors (Lipinski definition) is 4. The van der Waals surface area contributed by atoms with Gasteiger partial charge in [-0.2, -0.15) is 0 Å². The summed E-state index contributed by atoms with van der Waals surface area (Å²) in [7, 11) is 1.32. The number of methoxy groups -OCH3 is 1. The monoisotopic (exact) mass is 292 g/mol. The lowest BCUT2D eigenvalue weighted by molar-refractivity contribution is -0.116. The van der Waals surface area contributed by atoms with Gasteiger partial charge in [-0.3, -0.25) is 4.79 Å². The molecule has 21 heavy (non-hydrogen) atoms. The predicted octanol–water partition coefficient (Wildman–Crippen LogP) is 2.57. The van der Waals surface area contributed by atoms with E-state index in [2.05, 4.69) is 12.2 Å². The second-order valence-corrected chi connectivity index (χ2v) is 4.98. The third-order valence-corrected chi connectivity index (χ3v) is 3.54. The summed E-state index contributed by atoms with van der Waals surface area (Å²) in [5.41, 5.74) is 6.40. The van der Waals surface area contributed by atoms with Crippen LogP contribution >= 0.6 is 0 Å². The van der Waals surface area contributed by atoms with Crippen molar-refractivity contribution < 1.29 is 14.3 Å². The van der Waals surface area contributed by atoms with Gasteiger partial charge in [-0.05, 0) is 37.4 Å². The lowest BCUT2D eigenvalue weighted by Crippen LogP contribution is -2.17. The lowest BCUT2D eigenvalue weighted by atomic mass is 9.96. The second kappa shape index (κ2) is 9.13. The molecule has 5 heteroatoms. The first kappa shape index (κ1) is 17.2. The largest absolute Gasteiger partial charge is 0.465 e. The molecule has 0 aliphatic carbocycles. The summed E-state index contributed by atoms with van der Waals surface area (Å²) in [5.74, 6) is -0.0844. The number of hydrogen-bond donors (Lipinski definition) is 2. The van der Waals surface area contributed by atoms with Crippen molar-refractivity contribution in [3.63, 3.8) is 0 Å². The number of nitrogens with two attached hydrogens (primary N) is 1. The highest BCUT2D eigenvalue weighted by Crippen LogP contribution is 2.18. The third-order valence-electron chi connectivity index (χ3n) is 3.54. The minimum atomic E-state index is -0.458. The Kier molecular flexibility index (Phi) is 7.46. The zero-order valence-corrected chi connectivity index (χ0v) is 12.7. The number of carbonyl (C=O) groups is 2. The number of rotatable bonds is 8. The van der Waals surface area contributed by atoms with Gasteiger partial charge in [-0.1, -0.05) is 25.5 Å². The highest BCUT2D eigenvalue weighted by molar-refractivity contribution is 6.01. The van der Waals surface area contributed by atoms with E-state index in [0.29, 0.717) is 30.1 Å². The number of nitrogens with one attached hydrogen (secondary N) is 1. The molecule has 1 unspecified atom stereocenters. The summed E-state index contributed by atoms with van der Waals surface area (Å²) < 4.78 is 4.70. The SMILES string of the molecule is CCC(CCN)CCC(=O)Nc1ccccc1C(=O)OC. The molecular formula is C16H24N2O3. The van der Waals surface area contributed by atoms with Crippen LogP contribution in [-0.4, -0.2) is 25.5 Å². The maximum Gasteiger partial charge on any atom is 0.339 e. The molecule has 0 heterocycles. The summed E-state index contributed by atoms with van der Waals surface area (Å²) in [5, 5.41) is 2.78. The van der Waals surface area contributed by atoms with Crippen LogP contribution in [0.1, 0.15) is 43.0 Å². The van der Waals surface area contributed by atoms with E-state index in [9.17, 15) is 9.59 Å². The van der Waals surface area contributed by atoms with Gasteiger partial charge in [-0.15, -0.1) is 0 Å². The van der Waals surface area contributed by atoms with Gasteiger partial charge in [0.05, 0.1) is 18.4 Å². The molecule has 0 radical (unpaired) electrons. The van der Waals surface area contributed by atoms with Crippen molar-refractivity contribution in [3.8, 4) is 0 Å². The van der Waals surface area contributed by atoms with Gasteiger partial charge >= 0.3 is 5.97 Å². The van der Waals surface area contributed by atoms with Crippen LogP contribution in [0.25, 0.3) is 0 Å². The van der Waals surface area contributed by atoms with E-state index < -0.39 is 5.97 Å². The molecule has 116 valence electrons. The molecule has 1 rings (SSSR count). The topological polar surface area (TPSA) is 81.4 Å². The van der Waals surface area contributed by atoms with Crippen LogP contribution in [0, 0.1) is 5.92 Å². The van der Waals surface area contributed by atoms with E-state index in [-0.39, 0.29) is 5.91 Å². The highest BCUT2D eigenvalue weighted by Gasteiger charge is 2.14. The Morgan fingerprint density at radius 1 is 1.29 bits per heavy atom. The van der Waals surface area contributed by atoms with Gasteiger partial charge in [0, 0.05) is 6.42 Å². The Morgan fingerprint density at radius 2 is 2.00 bits per heavy atom. The zero-order chi connectivity index (χ0) is 15.7. The van der Waals surface area contributed by atoms with Crippen molar-refractivity contribution >= 4 is 17.6 Å². The van der Waals surface area contributed by atoms with Crippen LogP contribution in [0.5, 0.6) is 0 Å². The molecule has 0 aliphatic rings. The van der Waals surface area contributed by atoms with Crippen LogP contribution in [0.15, 0.2) is 24.3 Å². The van der Waals surface area contributed by atoms with E-state index in [0.717, 1.165) is 19.3 Å². The van der Waals surface area contributed by atoms with Crippen molar-refractivity contribution in [2.24, 2.45) is 11.7 Å². The second-order valence-electron chi connectivity index (χ2n) is 4.98. The van der Waals surface area contributed by atoms with E-state index in [1.165, 1.54) is 7.11 Å². The highest BCUT2D eigenvalue weighted by atomic mass is 16.5. The Balaban J connectivity index is 2.61. The smallest absolute Gasteiger partial charge is 0.339 e. The molecule has 0 saturated carbocycles. The van der Waals surface area contributed by atoms with Gasteiger partial charge in [0.1, 0.15) is 0 Å². The van der Waals surface area contributed by atoms with Crippen molar-refractivity contribution in [2.45, 2.75) is 32.6 Å². The normalized spacial score (nSPS) is 11.8. The van der Waals surface area contributed by atoms with Crippen LogP contribution in [0.4, 0.5) is 5.69 Å². The molecular weight excluding hydrogens is 268 g/mol. The molecule has 1 atom stereocenters. The number of esters is 1. The fourth-order valence-corrected chi connectivity index (χ4v) is 2.22. The number of para-hydroxylation sites is 1. The average Bonchev–Trinajstić information content (AvgIpc) is 2.51. The maximum absolute atomic E-state index is 12.0. The minimum absolute atomic E-state index is 0.0955. The van der Waals surface area contributed by atoms with Crippen molar-refractivity contribution in [1.29, 1.82) is 0 Å². The summed E-state index contributed by atoms with van der Waals surface area (Å²) in [4.78, 5) is 23.6. The first-order valence-electron chi connectivity index (χ1n) is 7.29.